The average Bonchev–Trinajstić information content (AvgIpc) is 2.41. The molecule has 4 N–H and O–H groups in total. The number of urea groups is 1. The number of amides is 3. The molecule has 0 aliphatic rings. The van der Waals surface area contributed by atoms with E-state index in [4.69, 9.17) is 5.73 Å². The fraction of sp³-hybridized carbons (Fsp3) is 0.0714. The SMILES string of the molecule is Cc1ccc(NC(=O)c2ccc(NC(N)=O)cc2)nc1. The summed E-state index contributed by atoms with van der Waals surface area (Å²) in [7, 11) is 0. The third-order valence-electron chi connectivity index (χ3n) is 2.57. The van der Waals surface area contributed by atoms with Crippen molar-refractivity contribution in [2.24, 2.45) is 5.73 Å². The quantitative estimate of drug-likeness (QED) is 0.797. The first-order valence-electron chi connectivity index (χ1n) is 5.95. The topological polar surface area (TPSA) is 97.1 Å². The lowest BCUT2D eigenvalue weighted by Crippen LogP contribution is -2.19. The van der Waals surface area contributed by atoms with E-state index in [0.717, 1.165) is 5.56 Å². The Balaban J connectivity index is 2.05. The summed E-state index contributed by atoms with van der Waals surface area (Å²) in [6.07, 6.45) is 1.68. The van der Waals surface area contributed by atoms with Crippen molar-refractivity contribution in [3.63, 3.8) is 0 Å². The maximum Gasteiger partial charge on any atom is 0.316 e. The monoisotopic (exact) mass is 270 g/mol. The van der Waals surface area contributed by atoms with Gasteiger partial charge in [-0.2, -0.15) is 0 Å². The van der Waals surface area contributed by atoms with Gasteiger partial charge in [-0.1, -0.05) is 6.07 Å². The van der Waals surface area contributed by atoms with Gasteiger partial charge in [0.1, 0.15) is 5.82 Å². The Labute approximate surface area is 116 Å². The molecule has 2 aromatic rings. The zero-order valence-electron chi connectivity index (χ0n) is 10.9. The number of nitrogens with zero attached hydrogens (tertiary/aromatic N) is 1. The molecule has 0 atom stereocenters. The van der Waals surface area contributed by atoms with Gasteiger partial charge in [-0.25, -0.2) is 9.78 Å². The van der Waals surface area contributed by atoms with E-state index in [1.54, 1.807) is 36.5 Å². The largest absolute Gasteiger partial charge is 0.351 e. The van der Waals surface area contributed by atoms with Gasteiger partial charge in [0, 0.05) is 17.4 Å². The highest BCUT2D eigenvalue weighted by atomic mass is 16.2. The first kappa shape index (κ1) is 13.5. The molecule has 0 bridgehead atoms. The number of primary amides is 1. The van der Waals surface area contributed by atoms with E-state index in [1.165, 1.54) is 0 Å². The van der Waals surface area contributed by atoms with Gasteiger partial charge in [-0.05, 0) is 42.8 Å². The maximum atomic E-state index is 12.0. The van der Waals surface area contributed by atoms with Gasteiger partial charge in [-0.15, -0.1) is 0 Å². The number of carbonyl (C=O) groups is 2. The van der Waals surface area contributed by atoms with Gasteiger partial charge < -0.3 is 16.4 Å². The lowest BCUT2D eigenvalue weighted by molar-refractivity contribution is 0.102. The molecular formula is C14H14N4O2. The molecule has 102 valence electrons. The third-order valence-corrected chi connectivity index (χ3v) is 2.57. The Kier molecular flexibility index (Phi) is 3.95. The van der Waals surface area contributed by atoms with Crippen molar-refractivity contribution in [3.8, 4) is 0 Å². The molecule has 0 radical (unpaired) electrons. The van der Waals surface area contributed by atoms with Crippen molar-refractivity contribution in [2.75, 3.05) is 10.6 Å². The second kappa shape index (κ2) is 5.83. The number of hydrogen-bond acceptors (Lipinski definition) is 3. The van der Waals surface area contributed by atoms with Crippen molar-refractivity contribution < 1.29 is 9.59 Å². The third kappa shape index (κ3) is 3.55. The summed E-state index contributed by atoms with van der Waals surface area (Å²) in [4.78, 5) is 26.7. The molecular weight excluding hydrogens is 256 g/mol. The van der Waals surface area contributed by atoms with E-state index in [0.29, 0.717) is 17.1 Å². The number of nitrogens with one attached hydrogen (secondary N) is 2. The maximum absolute atomic E-state index is 12.0. The van der Waals surface area contributed by atoms with Crippen molar-refractivity contribution in [2.45, 2.75) is 6.92 Å². The number of carbonyl (C=O) groups excluding carboxylic acids is 2. The second-order valence-electron chi connectivity index (χ2n) is 4.24. The second-order valence-corrected chi connectivity index (χ2v) is 4.24. The van der Waals surface area contributed by atoms with Crippen LogP contribution >= 0.6 is 0 Å². The standard InChI is InChI=1S/C14H14N4O2/c1-9-2-7-12(16-8-9)18-13(19)10-3-5-11(6-4-10)17-14(15)20/h2-8H,1H3,(H3,15,17,20)(H,16,18,19). The zero-order valence-corrected chi connectivity index (χ0v) is 10.9. The minimum atomic E-state index is -0.647. The van der Waals surface area contributed by atoms with Crippen LogP contribution in [-0.4, -0.2) is 16.9 Å². The Bertz CT molecular complexity index is 621. The van der Waals surface area contributed by atoms with Gasteiger partial charge in [0.2, 0.25) is 0 Å². The molecule has 3 amide bonds. The fourth-order valence-electron chi connectivity index (χ4n) is 1.58. The summed E-state index contributed by atoms with van der Waals surface area (Å²) < 4.78 is 0. The molecule has 0 fully saturated rings. The van der Waals surface area contributed by atoms with Crippen molar-refractivity contribution in [1.82, 2.24) is 4.98 Å². The van der Waals surface area contributed by atoms with Crippen LogP contribution < -0.4 is 16.4 Å². The minimum absolute atomic E-state index is 0.271. The van der Waals surface area contributed by atoms with E-state index in [1.807, 2.05) is 13.0 Å². The van der Waals surface area contributed by atoms with Crippen LogP contribution in [0.1, 0.15) is 15.9 Å². The lowest BCUT2D eigenvalue weighted by atomic mass is 10.2. The number of aryl methyl sites for hydroxylation is 1. The molecule has 0 saturated carbocycles. The number of benzene rings is 1. The number of rotatable bonds is 3. The van der Waals surface area contributed by atoms with Crippen molar-refractivity contribution >= 4 is 23.4 Å². The van der Waals surface area contributed by atoms with Crippen LogP contribution in [0.4, 0.5) is 16.3 Å². The molecule has 0 aliphatic carbocycles. The molecule has 20 heavy (non-hydrogen) atoms. The molecule has 1 aromatic heterocycles. The lowest BCUT2D eigenvalue weighted by Gasteiger charge is -2.06. The van der Waals surface area contributed by atoms with E-state index >= 15 is 0 Å². The van der Waals surface area contributed by atoms with Gasteiger partial charge in [-0.3, -0.25) is 4.79 Å². The number of hydrogen-bond donors (Lipinski definition) is 3. The summed E-state index contributed by atoms with van der Waals surface area (Å²) in [6.45, 7) is 1.92. The Morgan fingerprint density at radius 2 is 1.75 bits per heavy atom. The highest BCUT2D eigenvalue weighted by molar-refractivity contribution is 6.04. The number of pyridine rings is 1. The summed E-state index contributed by atoms with van der Waals surface area (Å²) in [6, 6.07) is 9.33. The fourth-order valence-corrected chi connectivity index (χ4v) is 1.58. The summed E-state index contributed by atoms with van der Waals surface area (Å²) in [5.74, 6) is 0.215. The van der Waals surface area contributed by atoms with Crippen LogP contribution in [0.3, 0.4) is 0 Å². The molecule has 0 unspecified atom stereocenters. The summed E-state index contributed by atoms with van der Waals surface area (Å²) in [5.41, 5.74) is 7.01. The smallest absolute Gasteiger partial charge is 0.316 e. The van der Waals surface area contributed by atoms with Gasteiger partial charge in [0.05, 0.1) is 0 Å². The summed E-state index contributed by atoms with van der Waals surface area (Å²) in [5, 5.41) is 5.11. The van der Waals surface area contributed by atoms with Crippen LogP contribution in [0.5, 0.6) is 0 Å². The molecule has 0 aliphatic heterocycles. The zero-order chi connectivity index (χ0) is 14.5. The van der Waals surface area contributed by atoms with Crippen molar-refractivity contribution in [1.29, 1.82) is 0 Å². The Hall–Kier alpha value is -2.89. The van der Waals surface area contributed by atoms with Crippen LogP contribution in [0.25, 0.3) is 0 Å². The number of anilines is 2. The molecule has 6 nitrogen and oxygen atoms in total. The van der Waals surface area contributed by atoms with Crippen LogP contribution in [0.15, 0.2) is 42.6 Å². The van der Waals surface area contributed by atoms with Crippen LogP contribution in [0.2, 0.25) is 0 Å². The highest BCUT2D eigenvalue weighted by Gasteiger charge is 2.06. The first-order chi connectivity index (χ1) is 9.54. The molecule has 1 aromatic carbocycles. The predicted molar refractivity (Wildman–Crippen MR) is 76.6 cm³/mol. The molecule has 6 heteroatoms. The Morgan fingerprint density at radius 3 is 2.30 bits per heavy atom. The van der Waals surface area contributed by atoms with E-state index in [2.05, 4.69) is 15.6 Å². The normalized spacial score (nSPS) is 9.85. The van der Waals surface area contributed by atoms with E-state index in [-0.39, 0.29) is 5.91 Å². The van der Waals surface area contributed by atoms with E-state index in [9.17, 15) is 9.59 Å². The van der Waals surface area contributed by atoms with Gasteiger partial charge in [0.25, 0.3) is 5.91 Å². The van der Waals surface area contributed by atoms with Crippen molar-refractivity contribution in [3.05, 3.63) is 53.7 Å². The molecule has 2 rings (SSSR count). The average molecular weight is 270 g/mol. The van der Waals surface area contributed by atoms with Gasteiger partial charge >= 0.3 is 6.03 Å². The van der Waals surface area contributed by atoms with Crippen LogP contribution in [-0.2, 0) is 0 Å². The predicted octanol–water partition coefficient (Wildman–Crippen LogP) is 2.13. The number of aromatic nitrogens is 1. The molecule has 1 heterocycles. The summed E-state index contributed by atoms with van der Waals surface area (Å²) >= 11 is 0. The van der Waals surface area contributed by atoms with E-state index < -0.39 is 6.03 Å². The Morgan fingerprint density at radius 1 is 1.05 bits per heavy atom. The molecule has 0 spiro atoms. The minimum Gasteiger partial charge on any atom is -0.351 e. The first-order valence-corrected chi connectivity index (χ1v) is 5.95. The highest BCUT2D eigenvalue weighted by Crippen LogP contribution is 2.11. The van der Waals surface area contributed by atoms with Crippen LogP contribution in [0, 0.1) is 6.92 Å². The number of nitrogens with two attached hydrogens (primary N) is 1. The van der Waals surface area contributed by atoms with Gasteiger partial charge in [0.15, 0.2) is 0 Å². The molecule has 0 saturated heterocycles.